The third kappa shape index (κ3) is 5.31. The average molecular weight is 421 g/mol. The molecule has 0 aromatic heterocycles. The van der Waals surface area contributed by atoms with Crippen LogP contribution in [-0.2, 0) is 25.5 Å². The standard InChI is InChI=1S/C24H27N3O4/c1-4-17-10-8-9-16(3)24(17)26-21(28)15-27-20-12-7-6-11-19(20)25-18(13-22(27)29)14-23(30)31-5-2/h6-13,25H,4-5,14-15H2,1-3H3,(H,26,28). The van der Waals surface area contributed by atoms with Gasteiger partial charge in [0.2, 0.25) is 5.91 Å². The molecule has 0 saturated heterocycles. The lowest BCUT2D eigenvalue weighted by Gasteiger charge is -2.22. The molecular formula is C24H27N3O4. The van der Waals surface area contributed by atoms with Crippen LogP contribution in [0.5, 0.6) is 0 Å². The van der Waals surface area contributed by atoms with Gasteiger partial charge < -0.3 is 15.4 Å². The zero-order valence-electron chi connectivity index (χ0n) is 18.0. The van der Waals surface area contributed by atoms with Crippen molar-refractivity contribution in [3.63, 3.8) is 0 Å². The van der Waals surface area contributed by atoms with E-state index in [0.717, 1.165) is 23.2 Å². The van der Waals surface area contributed by atoms with Crippen molar-refractivity contribution in [2.45, 2.75) is 33.6 Å². The molecule has 7 heteroatoms. The Bertz CT molecular complexity index is 1030. The van der Waals surface area contributed by atoms with E-state index in [4.69, 9.17) is 4.74 Å². The van der Waals surface area contributed by atoms with Crippen molar-refractivity contribution in [2.75, 3.05) is 28.7 Å². The predicted octanol–water partition coefficient (Wildman–Crippen LogP) is 3.79. The van der Waals surface area contributed by atoms with Crippen LogP contribution in [0.4, 0.5) is 17.1 Å². The number of para-hydroxylation sites is 3. The topological polar surface area (TPSA) is 87.7 Å². The van der Waals surface area contributed by atoms with Gasteiger partial charge in [0.25, 0.3) is 5.91 Å². The van der Waals surface area contributed by atoms with Crippen molar-refractivity contribution in [3.8, 4) is 0 Å². The van der Waals surface area contributed by atoms with Crippen LogP contribution in [0.25, 0.3) is 0 Å². The quantitative estimate of drug-likeness (QED) is 0.664. The van der Waals surface area contributed by atoms with Crippen LogP contribution in [0, 0.1) is 6.92 Å². The van der Waals surface area contributed by atoms with Gasteiger partial charge in [-0.15, -0.1) is 0 Å². The molecule has 31 heavy (non-hydrogen) atoms. The Hall–Kier alpha value is -3.61. The molecule has 0 spiro atoms. The normalized spacial score (nSPS) is 12.9. The van der Waals surface area contributed by atoms with Gasteiger partial charge in [-0.05, 0) is 43.5 Å². The first kappa shape index (κ1) is 22.1. The highest BCUT2D eigenvalue weighted by atomic mass is 16.5. The third-order valence-electron chi connectivity index (χ3n) is 5.00. The Kier molecular flexibility index (Phi) is 7.07. The lowest BCUT2D eigenvalue weighted by molar-refractivity contribution is -0.142. The molecule has 1 heterocycles. The number of benzene rings is 2. The Morgan fingerprint density at radius 2 is 1.87 bits per heavy atom. The summed E-state index contributed by atoms with van der Waals surface area (Å²) < 4.78 is 4.99. The fourth-order valence-electron chi connectivity index (χ4n) is 3.52. The maximum atomic E-state index is 13.0. The van der Waals surface area contributed by atoms with Crippen molar-refractivity contribution in [2.24, 2.45) is 0 Å². The molecule has 2 amide bonds. The summed E-state index contributed by atoms with van der Waals surface area (Å²) in [6.07, 6.45) is 2.07. The molecule has 0 saturated carbocycles. The number of nitrogens with one attached hydrogen (secondary N) is 2. The molecule has 1 aliphatic heterocycles. The van der Waals surface area contributed by atoms with Crippen LogP contribution in [-0.4, -0.2) is 30.9 Å². The van der Waals surface area contributed by atoms with Crippen LogP contribution < -0.4 is 15.5 Å². The number of nitrogens with zero attached hydrogens (tertiary/aromatic N) is 1. The molecule has 0 bridgehead atoms. The summed E-state index contributed by atoms with van der Waals surface area (Å²) in [5.74, 6) is -1.11. The minimum Gasteiger partial charge on any atom is -0.466 e. The van der Waals surface area contributed by atoms with Gasteiger partial charge in [-0.3, -0.25) is 19.3 Å². The molecule has 0 unspecified atom stereocenters. The molecule has 0 fully saturated rings. The molecule has 2 aromatic rings. The number of ether oxygens (including phenoxy) is 1. The van der Waals surface area contributed by atoms with Crippen molar-refractivity contribution in [1.82, 2.24) is 0 Å². The highest BCUT2D eigenvalue weighted by Crippen LogP contribution is 2.30. The van der Waals surface area contributed by atoms with Crippen LogP contribution in [0.2, 0.25) is 0 Å². The van der Waals surface area contributed by atoms with Gasteiger partial charge in [-0.2, -0.15) is 0 Å². The largest absolute Gasteiger partial charge is 0.466 e. The van der Waals surface area contributed by atoms with Gasteiger partial charge in [0.1, 0.15) is 6.54 Å². The number of hydrogen-bond acceptors (Lipinski definition) is 5. The summed E-state index contributed by atoms with van der Waals surface area (Å²) in [5, 5.41) is 6.09. The minimum absolute atomic E-state index is 0.0585. The Balaban J connectivity index is 1.85. The highest BCUT2D eigenvalue weighted by Gasteiger charge is 2.25. The number of carbonyl (C=O) groups excluding carboxylic acids is 3. The summed E-state index contributed by atoms with van der Waals surface area (Å²) in [6, 6.07) is 13.1. The Morgan fingerprint density at radius 1 is 1.10 bits per heavy atom. The maximum absolute atomic E-state index is 13.0. The van der Waals surface area contributed by atoms with E-state index in [0.29, 0.717) is 17.1 Å². The number of esters is 1. The number of rotatable bonds is 7. The van der Waals surface area contributed by atoms with Crippen LogP contribution >= 0.6 is 0 Å². The number of carbonyl (C=O) groups is 3. The smallest absolute Gasteiger partial charge is 0.311 e. The van der Waals surface area contributed by atoms with Gasteiger partial charge in [-0.1, -0.05) is 37.3 Å². The van der Waals surface area contributed by atoms with Gasteiger partial charge in [0, 0.05) is 17.5 Å². The predicted molar refractivity (Wildman–Crippen MR) is 121 cm³/mol. The van der Waals surface area contributed by atoms with Gasteiger partial charge in [-0.25, -0.2) is 0 Å². The van der Waals surface area contributed by atoms with E-state index in [1.807, 2.05) is 38.1 Å². The Morgan fingerprint density at radius 3 is 2.61 bits per heavy atom. The van der Waals surface area contributed by atoms with Crippen molar-refractivity contribution >= 4 is 34.8 Å². The van der Waals surface area contributed by atoms with Crippen molar-refractivity contribution < 1.29 is 19.1 Å². The first-order valence-corrected chi connectivity index (χ1v) is 10.3. The van der Waals surface area contributed by atoms with Crippen LogP contribution in [0.3, 0.4) is 0 Å². The second kappa shape index (κ2) is 9.93. The Labute approximate surface area is 182 Å². The monoisotopic (exact) mass is 421 g/mol. The van der Waals surface area contributed by atoms with Gasteiger partial charge >= 0.3 is 5.97 Å². The molecule has 1 aliphatic rings. The summed E-state index contributed by atoms with van der Waals surface area (Å²) in [6.45, 7) is 5.81. The minimum atomic E-state index is -0.427. The fraction of sp³-hybridized carbons (Fsp3) is 0.292. The molecule has 3 rings (SSSR count). The van der Waals surface area contributed by atoms with E-state index in [1.165, 1.54) is 11.0 Å². The molecular weight excluding hydrogens is 394 g/mol. The molecule has 7 nitrogen and oxygen atoms in total. The molecule has 0 radical (unpaired) electrons. The number of hydrogen-bond donors (Lipinski definition) is 2. The lowest BCUT2D eigenvalue weighted by Crippen LogP contribution is -2.37. The second-order valence-corrected chi connectivity index (χ2v) is 7.23. The van der Waals surface area contributed by atoms with Gasteiger partial charge in [0.15, 0.2) is 0 Å². The van der Waals surface area contributed by atoms with E-state index in [-0.39, 0.29) is 31.4 Å². The molecule has 2 aromatic carbocycles. The van der Waals surface area contributed by atoms with E-state index < -0.39 is 5.97 Å². The van der Waals surface area contributed by atoms with E-state index >= 15 is 0 Å². The first-order chi connectivity index (χ1) is 14.9. The SMILES string of the molecule is CCOC(=O)CC1=CC(=O)N(CC(=O)Nc2c(C)cccc2CC)c2ccccc2N1. The first-order valence-electron chi connectivity index (χ1n) is 10.3. The molecule has 0 aliphatic carbocycles. The van der Waals surface area contributed by atoms with Crippen LogP contribution in [0.1, 0.15) is 31.4 Å². The van der Waals surface area contributed by atoms with Crippen molar-refractivity contribution in [1.29, 1.82) is 0 Å². The molecule has 162 valence electrons. The summed E-state index contributed by atoms with van der Waals surface area (Å²) in [7, 11) is 0. The highest BCUT2D eigenvalue weighted by molar-refractivity contribution is 6.10. The summed E-state index contributed by atoms with van der Waals surface area (Å²) in [4.78, 5) is 39.2. The number of aryl methyl sites for hydroxylation is 2. The summed E-state index contributed by atoms with van der Waals surface area (Å²) >= 11 is 0. The fourth-order valence-corrected chi connectivity index (χ4v) is 3.52. The average Bonchev–Trinajstić information content (AvgIpc) is 2.86. The van der Waals surface area contributed by atoms with E-state index in [1.54, 1.807) is 25.1 Å². The number of anilines is 3. The van der Waals surface area contributed by atoms with Crippen molar-refractivity contribution in [3.05, 3.63) is 65.4 Å². The zero-order valence-corrected chi connectivity index (χ0v) is 18.0. The van der Waals surface area contributed by atoms with Gasteiger partial charge in [0.05, 0.1) is 24.4 Å². The molecule has 2 N–H and O–H groups in total. The van der Waals surface area contributed by atoms with Crippen LogP contribution in [0.15, 0.2) is 54.2 Å². The maximum Gasteiger partial charge on any atom is 0.311 e. The number of amides is 2. The van der Waals surface area contributed by atoms with E-state index in [2.05, 4.69) is 10.6 Å². The molecule has 0 atom stereocenters. The number of fused-ring (bicyclic) bond motifs is 1. The van der Waals surface area contributed by atoms with E-state index in [9.17, 15) is 14.4 Å². The summed E-state index contributed by atoms with van der Waals surface area (Å²) in [5.41, 5.74) is 4.41. The lowest BCUT2D eigenvalue weighted by atomic mass is 10.1. The zero-order chi connectivity index (χ0) is 22.4. The third-order valence-corrected chi connectivity index (χ3v) is 5.00. The second-order valence-electron chi connectivity index (χ2n) is 7.23.